The van der Waals surface area contributed by atoms with Gasteiger partial charge in [0.15, 0.2) is 11.5 Å². The molecule has 0 fully saturated rings. The fourth-order valence-corrected chi connectivity index (χ4v) is 4.25. The first-order chi connectivity index (χ1) is 14.1. The van der Waals surface area contributed by atoms with Gasteiger partial charge in [-0.1, -0.05) is 12.1 Å². The van der Waals surface area contributed by atoms with Crippen LogP contribution < -0.4 is 9.47 Å². The number of ether oxygens (including phenoxy) is 4. The van der Waals surface area contributed by atoms with Gasteiger partial charge in [0, 0.05) is 23.8 Å². The van der Waals surface area contributed by atoms with Crippen LogP contribution in [0.1, 0.15) is 16.4 Å². The molecule has 2 aliphatic rings. The van der Waals surface area contributed by atoms with Gasteiger partial charge in [0.1, 0.15) is 0 Å². The van der Waals surface area contributed by atoms with Crippen molar-refractivity contribution in [2.45, 2.75) is 12.5 Å². The van der Waals surface area contributed by atoms with Crippen LogP contribution in [0.25, 0.3) is 0 Å². The molecule has 1 aromatic carbocycles. The molecule has 1 aromatic heterocycles. The first-order valence-corrected chi connectivity index (χ1v) is 9.76. The van der Waals surface area contributed by atoms with Crippen LogP contribution >= 0.6 is 11.3 Å². The third-order valence-electron chi connectivity index (χ3n) is 4.70. The lowest BCUT2D eigenvalue weighted by Gasteiger charge is -2.29. The molecule has 0 spiro atoms. The zero-order valence-electron chi connectivity index (χ0n) is 15.9. The van der Waals surface area contributed by atoms with Gasteiger partial charge in [-0.25, -0.2) is 9.59 Å². The van der Waals surface area contributed by atoms with E-state index in [1.54, 1.807) is 17.3 Å². The van der Waals surface area contributed by atoms with Gasteiger partial charge in [-0.3, -0.25) is 0 Å². The van der Waals surface area contributed by atoms with E-state index in [4.69, 9.17) is 18.9 Å². The second kappa shape index (κ2) is 8.00. The molecule has 7 nitrogen and oxygen atoms in total. The van der Waals surface area contributed by atoms with Crippen molar-refractivity contribution in [1.82, 2.24) is 4.90 Å². The Bertz CT molecular complexity index is 961. The van der Waals surface area contributed by atoms with Crippen molar-refractivity contribution >= 4 is 23.3 Å². The highest BCUT2D eigenvalue weighted by molar-refractivity contribution is 7.10. The molecule has 0 amide bonds. The normalized spacial score (nSPS) is 15.6. The van der Waals surface area contributed by atoms with Crippen molar-refractivity contribution in [2.75, 3.05) is 21.0 Å². The SMILES string of the molecule is COC(=O)C1=CN(Cc2ccc3c(c2)OCO3)C=C(C(=O)OC)C1c1cccs1. The van der Waals surface area contributed by atoms with Gasteiger partial charge >= 0.3 is 11.9 Å². The number of carbonyl (C=O) groups excluding carboxylic acids is 2. The Morgan fingerprint density at radius 2 is 1.76 bits per heavy atom. The average molecular weight is 413 g/mol. The van der Waals surface area contributed by atoms with Crippen molar-refractivity contribution in [3.63, 3.8) is 0 Å². The van der Waals surface area contributed by atoms with E-state index >= 15 is 0 Å². The first kappa shape index (κ1) is 19.1. The second-order valence-electron chi connectivity index (χ2n) is 6.46. The topological polar surface area (TPSA) is 74.3 Å². The third-order valence-corrected chi connectivity index (χ3v) is 5.64. The van der Waals surface area contributed by atoms with E-state index in [0.29, 0.717) is 29.2 Å². The lowest BCUT2D eigenvalue weighted by Crippen LogP contribution is -2.28. The Kier molecular flexibility index (Phi) is 5.26. The largest absolute Gasteiger partial charge is 0.466 e. The Balaban J connectivity index is 1.71. The fourth-order valence-electron chi connectivity index (χ4n) is 3.39. The summed E-state index contributed by atoms with van der Waals surface area (Å²) in [4.78, 5) is 27.7. The van der Waals surface area contributed by atoms with E-state index in [1.165, 1.54) is 25.6 Å². The van der Waals surface area contributed by atoms with E-state index in [9.17, 15) is 9.59 Å². The number of nitrogens with zero attached hydrogens (tertiary/aromatic N) is 1. The van der Waals surface area contributed by atoms with Gasteiger partial charge in [0.2, 0.25) is 6.79 Å². The zero-order valence-corrected chi connectivity index (χ0v) is 16.7. The number of benzene rings is 1. The number of rotatable bonds is 5. The molecule has 0 aliphatic carbocycles. The highest BCUT2D eigenvalue weighted by Crippen LogP contribution is 2.40. The summed E-state index contributed by atoms with van der Waals surface area (Å²) in [6.07, 6.45) is 3.43. The van der Waals surface area contributed by atoms with Gasteiger partial charge < -0.3 is 23.8 Å². The van der Waals surface area contributed by atoms with Crippen LogP contribution in [0.2, 0.25) is 0 Å². The smallest absolute Gasteiger partial charge is 0.336 e. The number of methoxy groups -OCH3 is 2. The number of esters is 2. The quantitative estimate of drug-likeness (QED) is 0.697. The molecule has 0 saturated heterocycles. The number of thiophene rings is 1. The summed E-state index contributed by atoms with van der Waals surface area (Å²) in [7, 11) is 2.65. The summed E-state index contributed by atoms with van der Waals surface area (Å²) in [5.41, 5.74) is 1.68. The summed E-state index contributed by atoms with van der Waals surface area (Å²) in [6, 6.07) is 9.40. The molecule has 150 valence electrons. The third kappa shape index (κ3) is 3.71. The number of carbonyl (C=O) groups is 2. The minimum absolute atomic E-state index is 0.198. The van der Waals surface area contributed by atoms with Crippen LogP contribution in [0.15, 0.2) is 59.3 Å². The Morgan fingerprint density at radius 3 is 2.38 bits per heavy atom. The summed E-state index contributed by atoms with van der Waals surface area (Å²) < 4.78 is 20.8. The lowest BCUT2D eigenvalue weighted by atomic mass is 9.88. The van der Waals surface area contributed by atoms with E-state index < -0.39 is 17.9 Å². The molecule has 0 bridgehead atoms. The molecule has 4 rings (SSSR count). The van der Waals surface area contributed by atoms with Crippen molar-refractivity contribution in [3.05, 3.63) is 69.7 Å². The van der Waals surface area contributed by atoms with E-state index in [1.807, 2.05) is 35.7 Å². The molecule has 2 aliphatic heterocycles. The molecular weight excluding hydrogens is 394 g/mol. The molecule has 0 atom stereocenters. The van der Waals surface area contributed by atoms with Crippen LogP contribution in [0.4, 0.5) is 0 Å². The zero-order chi connectivity index (χ0) is 20.4. The molecule has 0 N–H and O–H groups in total. The van der Waals surface area contributed by atoms with Crippen LogP contribution in [0.5, 0.6) is 11.5 Å². The van der Waals surface area contributed by atoms with Crippen LogP contribution in [-0.4, -0.2) is 37.9 Å². The Morgan fingerprint density at radius 1 is 1.07 bits per heavy atom. The molecule has 29 heavy (non-hydrogen) atoms. The monoisotopic (exact) mass is 413 g/mol. The maximum absolute atomic E-state index is 12.6. The Hall–Kier alpha value is -3.26. The summed E-state index contributed by atoms with van der Waals surface area (Å²) in [5.74, 6) is -0.155. The van der Waals surface area contributed by atoms with Gasteiger partial charge in [-0.05, 0) is 29.1 Å². The molecule has 2 aromatic rings. The minimum Gasteiger partial charge on any atom is -0.466 e. The van der Waals surface area contributed by atoms with Crippen molar-refractivity contribution in [3.8, 4) is 11.5 Å². The van der Waals surface area contributed by atoms with Gasteiger partial charge in [0.25, 0.3) is 0 Å². The second-order valence-corrected chi connectivity index (χ2v) is 7.44. The highest BCUT2D eigenvalue weighted by Gasteiger charge is 2.35. The lowest BCUT2D eigenvalue weighted by molar-refractivity contribution is -0.137. The predicted octanol–water partition coefficient (Wildman–Crippen LogP) is 3.19. The minimum atomic E-state index is -0.539. The van der Waals surface area contributed by atoms with Gasteiger partial charge in [-0.15, -0.1) is 11.3 Å². The average Bonchev–Trinajstić information content (AvgIpc) is 3.43. The van der Waals surface area contributed by atoms with Crippen LogP contribution in [-0.2, 0) is 25.6 Å². The van der Waals surface area contributed by atoms with Crippen molar-refractivity contribution in [1.29, 1.82) is 0 Å². The number of hydrogen-bond acceptors (Lipinski definition) is 8. The summed E-state index contributed by atoms with van der Waals surface area (Å²) >= 11 is 1.47. The molecule has 3 heterocycles. The molecule has 0 radical (unpaired) electrons. The maximum atomic E-state index is 12.6. The van der Waals surface area contributed by atoms with Gasteiger partial charge in [0.05, 0.1) is 31.3 Å². The maximum Gasteiger partial charge on any atom is 0.336 e. The fraction of sp³-hybridized carbons (Fsp3) is 0.238. The Labute approximate surface area is 171 Å². The first-order valence-electron chi connectivity index (χ1n) is 8.88. The van der Waals surface area contributed by atoms with Gasteiger partial charge in [-0.2, -0.15) is 0 Å². The predicted molar refractivity (Wildman–Crippen MR) is 105 cm³/mol. The highest BCUT2D eigenvalue weighted by atomic mass is 32.1. The standard InChI is InChI=1S/C21H19NO6S/c1-25-20(23)14-10-22(9-13-5-6-16-17(8-13)28-12-27-16)11-15(21(24)26-2)19(14)18-4-3-7-29-18/h3-8,10-11,19H,9,12H2,1-2H3. The molecule has 8 heteroatoms. The molecule has 0 saturated carbocycles. The van der Waals surface area contributed by atoms with E-state index in [0.717, 1.165) is 10.4 Å². The number of hydrogen-bond donors (Lipinski definition) is 0. The van der Waals surface area contributed by atoms with E-state index in [2.05, 4.69) is 0 Å². The molecular formula is C21H19NO6S. The van der Waals surface area contributed by atoms with Crippen molar-refractivity contribution < 1.29 is 28.5 Å². The summed E-state index contributed by atoms with van der Waals surface area (Å²) in [5, 5.41) is 1.90. The molecule has 0 unspecified atom stereocenters. The van der Waals surface area contributed by atoms with Crippen LogP contribution in [0.3, 0.4) is 0 Å². The van der Waals surface area contributed by atoms with Crippen molar-refractivity contribution in [2.24, 2.45) is 0 Å². The summed E-state index contributed by atoms with van der Waals surface area (Å²) in [6.45, 7) is 0.624. The van der Waals surface area contributed by atoms with E-state index in [-0.39, 0.29) is 6.79 Å². The van der Waals surface area contributed by atoms with Crippen LogP contribution in [0, 0.1) is 0 Å². The number of fused-ring (bicyclic) bond motifs is 1.